The molecule has 0 saturated carbocycles. The van der Waals surface area contributed by atoms with Crippen LogP contribution in [0.4, 0.5) is 0 Å². The summed E-state index contributed by atoms with van der Waals surface area (Å²) < 4.78 is 0. The molecule has 0 aliphatic heterocycles. The summed E-state index contributed by atoms with van der Waals surface area (Å²) in [6.07, 6.45) is 0. The first-order chi connectivity index (χ1) is 3.46. The summed E-state index contributed by atoms with van der Waals surface area (Å²) in [5.41, 5.74) is 0. The summed E-state index contributed by atoms with van der Waals surface area (Å²) in [6, 6.07) is 0. The van der Waals surface area contributed by atoms with E-state index >= 15 is 0 Å². The maximum Gasteiger partial charge on any atom is 1.00 e. The van der Waals surface area contributed by atoms with Gasteiger partial charge in [-0.1, -0.05) is 0 Å². The van der Waals surface area contributed by atoms with E-state index in [0.29, 0.717) is 0 Å². The van der Waals surface area contributed by atoms with Gasteiger partial charge in [-0.2, -0.15) is 0 Å². The number of hydrogen-bond acceptors (Lipinski definition) is 2. The minimum Gasteiger partial charge on any atom is -0.550 e. The molecule has 0 radical (unpaired) electrons. The molecule has 0 aromatic carbocycles. The molecule has 4 N–H and O–H groups in total. The molecule has 0 bridgehead atoms. The fourth-order valence-electron chi connectivity index (χ4n) is 0. The molecule has 0 aromatic rings. The Morgan fingerprint density at radius 3 is 1.27 bits per heavy atom. The van der Waals surface area contributed by atoms with E-state index in [9.17, 15) is 0 Å². The molecule has 0 aliphatic rings. The van der Waals surface area contributed by atoms with E-state index in [1.165, 1.54) is 0 Å². The van der Waals surface area contributed by atoms with E-state index in [1.807, 2.05) is 0 Å². The minimum absolute atomic E-state index is 0. The van der Waals surface area contributed by atoms with Crippen molar-refractivity contribution in [2.45, 2.75) is 6.92 Å². The maximum atomic E-state index is 8.89. The average molecular weight is 235 g/mol. The van der Waals surface area contributed by atoms with Crippen LogP contribution in [-0.4, -0.2) is 28.3 Å². The summed E-state index contributed by atoms with van der Waals surface area (Å²) in [5.74, 6) is -1.08. The normalized spacial score (nSPS) is 4.73. The number of hydrogen-bond donors (Lipinski definition) is 0. The number of carboxylic acid groups (broad SMARTS) is 1. The number of carboxylic acids is 1. The Kier molecular flexibility index (Phi) is 60.2. The van der Waals surface area contributed by atoms with Crippen molar-refractivity contribution in [3.05, 3.63) is 0 Å². The van der Waals surface area contributed by atoms with Gasteiger partial charge in [-0.25, -0.2) is 30.1 Å². The van der Waals surface area contributed by atoms with Crippen molar-refractivity contribution in [3.8, 4) is 0 Å². The minimum atomic E-state index is -1.72. The zero-order valence-electron chi connectivity index (χ0n) is 6.03. The molecule has 0 aromatic heterocycles. The van der Waals surface area contributed by atoms with Gasteiger partial charge in [0.1, 0.15) is 0 Å². The molecule has 0 fully saturated rings. The van der Waals surface area contributed by atoms with Gasteiger partial charge in [0.2, 0.25) is 0 Å². The van der Waals surface area contributed by atoms with Gasteiger partial charge in [0, 0.05) is 5.97 Å². The Bertz CT molecular complexity index is 67.6. The van der Waals surface area contributed by atoms with Crippen molar-refractivity contribution < 1.29 is 39.7 Å². The standard InChI is InChI=1S/C2H4O2.Al.3ClH.Li.2H2O/c1-2(3)4;;;;;;;/h1H3,(H,3,4);;3*1H;;2*1H2/q;+3;;;;+1;;/p-4. The third-order valence-corrected chi connectivity index (χ3v) is 0. The maximum absolute atomic E-state index is 8.89. The largest absolute Gasteiger partial charge is 1.00 e. The monoisotopic (exact) mass is 234 g/mol. The quantitative estimate of drug-likeness (QED) is 0.397. The van der Waals surface area contributed by atoms with Crippen LogP contribution in [0.5, 0.6) is 0 Å². The summed E-state index contributed by atoms with van der Waals surface area (Å²) in [5, 5.41) is 8.89. The number of carbonyl (C=O) groups excluding carboxylic acids is 1. The SMILES string of the molecule is CC(=O)[O-].O.O.[Cl][Al]([Cl])[Cl].[Li+]. The molecule has 0 spiro atoms. The number of halogens is 3. The second kappa shape index (κ2) is 22.5. The summed E-state index contributed by atoms with van der Waals surface area (Å²) in [4.78, 5) is 8.89. The van der Waals surface area contributed by atoms with Crippen molar-refractivity contribution in [3.63, 3.8) is 0 Å². The predicted octanol–water partition coefficient (Wildman–Crippen LogP) is -4.20. The van der Waals surface area contributed by atoms with Gasteiger partial charge in [0.25, 0.3) is 0 Å². The van der Waals surface area contributed by atoms with Crippen molar-refractivity contribution in [1.82, 2.24) is 0 Å². The summed E-state index contributed by atoms with van der Waals surface area (Å²) in [7, 11) is 14.8. The van der Waals surface area contributed by atoms with Crippen LogP contribution >= 0.6 is 30.1 Å². The van der Waals surface area contributed by atoms with Gasteiger partial charge in [-0.15, -0.1) is 0 Å². The van der Waals surface area contributed by atoms with Gasteiger partial charge in [0.15, 0.2) is 0 Å². The molecule has 4 nitrogen and oxygen atoms in total. The summed E-state index contributed by atoms with van der Waals surface area (Å²) >= 11 is -1.72. The van der Waals surface area contributed by atoms with E-state index in [4.69, 9.17) is 40.0 Å². The van der Waals surface area contributed by atoms with E-state index in [0.717, 1.165) is 6.92 Å². The van der Waals surface area contributed by atoms with Gasteiger partial charge < -0.3 is 20.9 Å². The Hall–Kier alpha value is 1.39. The van der Waals surface area contributed by atoms with Crippen LogP contribution in [0.2, 0.25) is 0 Å². The third-order valence-electron chi connectivity index (χ3n) is 0. The van der Waals surface area contributed by atoms with Crippen LogP contribution in [0.25, 0.3) is 0 Å². The molecule has 0 unspecified atom stereocenters. The zero-order valence-corrected chi connectivity index (χ0v) is 9.45. The van der Waals surface area contributed by atoms with Crippen molar-refractivity contribution in [2.75, 3.05) is 0 Å². The topological polar surface area (TPSA) is 103 Å². The van der Waals surface area contributed by atoms with E-state index in [1.54, 1.807) is 0 Å². The molecule has 0 saturated heterocycles. The molecule has 0 aliphatic carbocycles. The molecular formula is C2H7AlCl3LiO4. The second-order valence-corrected chi connectivity index (χ2v) is 7.17. The Morgan fingerprint density at radius 2 is 1.27 bits per heavy atom. The first-order valence-corrected chi connectivity index (χ1v) is 6.80. The van der Waals surface area contributed by atoms with Crippen molar-refractivity contribution >= 4 is 47.5 Å². The van der Waals surface area contributed by atoms with Gasteiger partial charge in [-0.05, 0) is 6.92 Å². The first-order valence-electron chi connectivity index (χ1n) is 1.56. The van der Waals surface area contributed by atoms with Crippen LogP contribution in [-0.2, 0) is 4.79 Å². The van der Waals surface area contributed by atoms with E-state index < -0.39 is 17.4 Å². The molecular weight excluding hydrogens is 228 g/mol. The number of aliphatic carboxylic acids is 1. The number of rotatable bonds is 0. The smallest absolute Gasteiger partial charge is 0.550 e. The van der Waals surface area contributed by atoms with Crippen LogP contribution in [0.15, 0.2) is 0 Å². The van der Waals surface area contributed by atoms with E-state index in [-0.39, 0.29) is 29.8 Å². The van der Waals surface area contributed by atoms with Crippen LogP contribution < -0.4 is 24.0 Å². The number of carbonyl (C=O) groups is 1. The zero-order chi connectivity index (χ0) is 7.15. The third kappa shape index (κ3) is 520. The van der Waals surface area contributed by atoms with Crippen LogP contribution in [0.1, 0.15) is 6.92 Å². The molecule has 11 heavy (non-hydrogen) atoms. The van der Waals surface area contributed by atoms with Gasteiger partial charge >= 0.3 is 30.2 Å². The fourth-order valence-corrected chi connectivity index (χ4v) is 0. The van der Waals surface area contributed by atoms with Gasteiger partial charge in [-0.3, -0.25) is 0 Å². The average Bonchev–Trinajstić information content (AvgIpc) is 1.25. The summed E-state index contributed by atoms with van der Waals surface area (Å²) in [6.45, 7) is 0.972. The Balaban J connectivity index is -0.0000000171. The van der Waals surface area contributed by atoms with Crippen molar-refractivity contribution in [2.24, 2.45) is 0 Å². The Morgan fingerprint density at radius 1 is 1.27 bits per heavy atom. The van der Waals surface area contributed by atoms with Gasteiger partial charge in [0.05, 0.1) is 0 Å². The Labute approximate surface area is 93.6 Å². The molecule has 64 valence electrons. The van der Waals surface area contributed by atoms with Crippen molar-refractivity contribution in [1.29, 1.82) is 0 Å². The molecule has 9 heteroatoms. The fraction of sp³-hybridized carbons (Fsp3) is 0.500. The van der Waals surface area contributed by atoms with E-state index in [2.05, 4.69) is 0 Å². The van der Waals surface area contributed by atoms with Crippen LogP contribution in [0.3, 0.4) is 0 Å². The molecule has 0 rings (SSSR count). The second-order valence-electron chi connectivity index (χ2n) is 0.739. The first kappa shape index (κ1) is 29.4. The predicted molar refractivity (Wildman–Crippen MR) is 41.2 cm³/mol. The molecule has 0 atom stereocenters. The molecule has 0 amide bonds. The molecule has 0 heterocycles. The van der Waals surface area contributed by atoms with Crippen LogP contribution in [0, 0.1) is 0 Å².